The molecule has 1 unspecified atom stereocenters. The van der Waals surface area contributed by atoms with Crippen LogP contribution in [0, 0.1) is 0 Å². The largest absolute Gasteiger partial charge is 0.491 e. The van der Waals surface area contributed by atoms with Crippen molar-refractivity contribution in [1.29, 1.82) is 0 Å². The van der Waals surface area contributed by atoms with Gasteiger partial charge in [-0.3, -0.25) is 9.69 Å². The van der Waals surface area contributed by atoms with E-state index < -0.39 is 6.10 Å². The third-order valence-corrected chi connectivity index (χ3v) is 3.95. The smallest absolute Gasteiger partial charge is 0.159 e. The number of morpholine rings is 1. The average molecular weight is 307 g/mol. The molecule has 0 spiro atoms. The fraction of sp³-hybridized carbons (Fsp3) is 0.588. The highest BCUT2D eigenvalue weighted by molar-refractivity contribution is 5.94. The van der Waals surface area contributed by atoms with E-state index in [9.17, 15) is 9.90 Å². The number of aliphatic hydroxyl groups excluding tert-OH is 1. The second kappa shape index (κ2) is 7.22. The van der Waals surface area contributed by atoms with Crippen LogP contribution in [0.15, 0.2) is 24.3 Å². The van der Waals surface area contributed by atoms with Gasteiger partial charge >= 0.3 is 0 Å². The number of carbonyl (C=O) groups is 1. The number of carbonyl (C=O) groups excluding carboxylic acids is 1. The summed E-state index contributed by atoms with van der Waals surface area (Å²) >= 11 is 0. The second-order valence-corrected chi connectivity index (χ2v) is 6.36. The quantitative estimate of drug-likeness (QED) is 0.811. The van der Waals surface area contributed by atoms with Crippen LogP contribution >= 0.6 is 0 Å². The number of hydrogen-bond donors (Lipinski definition) is 1. The normalized spacial score (nSPS) is 19.6. The van der Waals surface area contributed by atoms with E-state index in [1.54, 1.807) is 24.3 Å². The van der Waals surface area contributed by atoms with Gasteiger partial charge in [0.25, 0.3) is 0 Å². The van der Waals surface area contributed by atoms with Crippen molar-refractivity contribution in [2.24, 2.45) is 0 Å². The molecule has 0 saturated carbocycles. The summed E-state index contributed by atoms with van der Waals surface area (Å²) in [7, 11) is 0. The van der Waals surface area contributed by atoms with Crippen LogP contribution < -0.4 is 4.74 Å². The molecule has 1 saturated heterocycles. The van der Waals surface area contributed by atoms with Gasteiger partial charge in [0.2, 0.25) is 0 Å². The molecule has 1 fully saturated rings. The van der Waals surface area contributed by atoms with E-state index in [0.29, 0.717) is 31.1 Å². The monoisotopic (exact) mass is 307 g/mol. The highest BCUT2D eigenvalue weighted by atomic mass is 16.5. The molecule has 1 atom stereocenters. The zero-order valence-corrected chi connectivity index (χ0v) is 13.5. The van der Waals surface area contributed by atoms with Gasteiger partial charge in [0.05, 0.1) is 13.2 Å². The first-order valence-electron chi connectivity index (χ1n) is 7.63. The van der Waals surface area contributed by atoms with Gasteiger partial charge in [-0.25, -0.2) is 0 Å². The Labute approximate surface area is 131 Å². The Hall–Kier alpha value is -1.43. The number of nitrogens with zero attached hydrogens (tertiary/aromatic N) is 1. The van der Waals surface area contributed by atoms with Crippen molar-refractivity contribution >= 4 is 5.78 Å². The van der Waals surface area contributed by atoms with Crippen molar-refractivity contribution in [2.45, 2.75) is 32.4 Å². The molecule has 0 radical (unpaired) electrons. The molecule has 5 heteroatoms. The molecule has 1 aliphatic heterocycles. The Morgan fingerprint density at radius 2 is 2.09 bits per heavy atom. The molecule has 22 heavy (non-hydrogen) atoms. The van der Waals surface area contributed by atoms with E-state index in [0.717, 1.165) is 6.54 Å². The lowest BCUT2D eigenvalue weighted by Crippen LogP contribution is -2.55. The summed E-state index contributed by atoms with van der Waals surface area (Å²) in [5.74, 6) is 0.687. The molecule has 5 nitrogen and oxygen atoms in total. The van der Waals surface area contributed by atoms with Crippen molar-refractivity contribution in [3.8, 4) is 5.75 Å². The SMILES string of the molecule is CC(=O)c1ccc(OCC(O)CN2CCOCC2(C)C)cc1. The number of β-amino-alcohol motifs (C(OH)–C–C–N with tert-alkyl or cyclic N) is 1. The first kappa shape index (κ1) is 16.9. The van der Waals surface area contributed by atoms with Crippen molar-refractivity contribution in [3.05, 3.63) is 29.8 Å². The lowest BCUT2D eigenvalue weighted by Gasteiger charge is -2.42. The summed E-state index contributed by atoms with van der Waals surface area (Å²) in [6.45, 7) is 8.73. The molecular formula is C17H25NO4. The van der Waals surface area contributed by atoms with Gasteiger partial charge in [0.1, 0.15) is 18.5 Å². The lowest BCUT2D eigenvalue weighted by molar-refractivity contribution is -0.0703. The maximum absolute atomic E-state index is 11.2. The van der Waals surface area contributed by atoms with Crippen LogP contribution in [0.25, 0.3) is 0 Å². The molecule has 1 aromatic rings. The van der Waals surface area contributed by atoms with Gasteiger partial charge in [-0.05, 0) is 45.0 Å². The average Bonchev–Trinajstić information content (AvgIpc) is 2.47. The van der Waals surface area contributed by atoms with E-state index in [2.05, 4.69) is 18.7 Å². The fourth-order valence-electron chi connectivity index (χ4n) is 2.51. The molecule has 122 valence electrons. The van der Waals surface area contributed by atoms with Gasteiger partial charge in [-0.2, -0.15) is 0 Å². The molecule has 2 rings (SSSR count). The Balaban J connectivity index is 1.82. The van der Waals surface area contributed by atoms with Gasteiger partial charge < -0.3 is 14.6 Å². The Bertz CT molecular complexity index is 498. The molecule has 1 aromatic carbocycles. The summed E-state index contributed by atoms with van der Waals surface area (Å²) in [6.07, 6.45) is -0.565. The topological polar surface area (TPSA) is 59.0 Å². The standard InChI is InChI=1S/C17H25NO4/c1-13(19)14-4-6-16(7-5-14)22-11-15(20)10-18-8-9-21-12-17(18,2)3/h4-7,15,20H,8-12H2,1-3H3. The van der Waals surface area contributed by atoms with Gasteiger partial charge in [-0.1, -0.05) is 0 Å². The lowest BCUT2D eigenvalue weighted by atomic mass is 10.0. The van der Waals surface area contributed by atoms with Crippen LogP contribution in [0.4, 0.5) is 0 Å². The van der Waals surface area contributed by atoms with Crippen LogP contribution in [0.3, 0.4) is 0 Å². The number of ketones is 1. The summed E-state index contributed by atoms with van der Waals surface area (Å²) in [5.41, 5.74) is 0.588. The molecule has 1 N–H and O–H groups in total. The zero-order valence-electron chi connectivity index (χ0n) is 13.5. The molecule has 0 amide bonds. The summed E-state index contributed by atoms with van der Waals surface area (Å²) in [6, 6.07) is 6.97. The molecular weight excluding hydrogens is 282 g/mol. The van der Waals surface area contributed by atoms with E-state index >= 15 is 0 Å². The zero-order chi connectivity index (χ0) is 16.2. The first-order valence-corrected chi connectivity index (χ1v) is 7.63. The predicted octanol–water partition coefficient (Wildman–Crippen LogP) is 1.74. The van der Waals surface area contributed by atoms with Crippen molar-refractivity contribution in [3.63, 3.8) is 0 Å². The second-order valence-electron chi connectivity index (χ2n) is 6.36. The van der Waals surface area contributed by atoms with Crippen LogP contribution in [0.5, 0.6) is 5.75 Å². The predicted molar refractivity (Wildman–Crippen MR) is 84.4 cm³/mol. The van der Waals surface area contributed by atoms with E-state index in [-0.39, 0.29) is 17.9 Å². The van der Waals surface area contributed by atoms with Gasteiger partial charge in [0.15, 0.2) is 5.78 Å². The Morgan fingerprint density at radius 1 is 1.41 bits per heavy atom. The van der Waals surface area contributed by atoms with Crippen LogP contribution in [-0.4, -0.2) is 60.3 Å². The van der Waals surface area contributed by atoms with Crippen molar-refractivity contribution in [2.75, 3.05) is 32.9 Å². The van der Waals surface area contributed by atoms with Crippen molar-refractivity contribution < 1.29 is 19.4 Å². The highest BCUT2D eigenvalue weighted by Gasteiger charge is 2.31. The molecule has 1 aliphatic rings. The number of benzene rings is 1. The van der Waals surface area contributed by atoms with E-state index in [4.69, 9.17) is 9.47 Å². The number of hydrogen-bond acceptors (Lipinski definition) is 5. The minimum Gasteiger partial charge on any atom is -0.491 e. The van der Waals surface area contributed by atoms with Gasteiger partial charge in [0, 0.05) is 24.2 Å². The van der Waals surface area contributed by atoms with E-state index in [1.165, 1.54) is 6.92 Å². The number of ether oxygens (including phenoxy) is 2. The first-order chi connectivity index (χ1) is 10.4. The summed E-state index contributed by atoms with van der Waals surface area (Å²) in [4.78, 5) is 13.4. The molecule has 0 aliphatic carbocycles. The molecule has 0 bridgehead atoms. The summed E-state index contributed by atoms with van der Waals surface area (Å²) in [5, 5.41) is 10.2. The highest BCUT2D eigenvalue weighted by Crippen LogP contribution is 2.19. The third-order valence-electron chi connectivity index (χ3n) is 3.95. The van der Waals surface area contributed by atoms with Crippen LogP contribution in [-0.2, 0) is 4.74 Å². The number of rotatable bonds is 6. The Morgan fingerprint density at radius 3 is 2.68 bits per heavy atom. The van der Waals surface area contributed by atoms with Crippen molar-refractivity contribution in [1.82, 2.24) is 4.90 Å². The maximum Gasteiger partial charge on any atom is 0.159 e. The fourth-order valence-corrected chi connectivity index (χ4v) is 2.51. The third kappa shape index (κ3) is 4.53. The van der Waals surface area contributed by atoms with Crippen LogP contribution in [0.1, 0.15) is 31.1 Å². The number of Topliss-reactive ketones (excluding diaryl/α,β-unsaturated/α-hetero) is 1. The Kier molecular flexibility index (Phi) is 5.56. The maximum atomic E-state index is 11.2. The van der Waals surface area contributed by atoms with E-state index in [1.807, 2.05) is 0 Å². The number of aliphatic hydroxyl groups is 1. The van der Waals surface area contributed by atoms with Crippen LogP contribution in [0.2, 0.25) is 0 Å². The molecule has 1 heterocycles. The van der Waals surface area contributed by atoms with Gasteiger partial charge in [-0.15, -0.1) is 0 Å². The summed E-state index contributed by atoms with van der Waals surface area (Å²) < 4.78 is 11.1. The minimum absolute atomic E-state index is 0.0288. The molecule has 0 aromatic heterocycles. The minimum atomic E-state index is -0.565.